The van der Waals surface area contributed by atoms with Crippen LogP contribution in [0.15, 0.2) is 27.6 Å². The molecular weight excluding hydrogens is 404 g/mol. The molecule has 4 rings (SSSR count). The molecule has 10 heteroatoms. The maximum Gasteiger partial charge on any atom is 0.243 e. The summed E-state index contributed by atoms with van der Waals surface area (Å²) in [6.07, 6.45) is 3.51. The Bertz CT molecular complexity index is 987. The third-order valence-corrected chi connectivity index (χ3v) is 7.69. The largest absolute Gasteiger partial charge is 0.375 e. The van der Waals surface area contributed by atoms with E-state index in [2.05, 4.69) is 10.1 Å². The van der Waals surface area contributed by atoms with Crippen molar-refractivity contribution in [1.29, 1.82) is 0 Å². The number of rotatable bonds is 4. The molecule has 158 valence electrons. The van der Waals surface area contributed by atoms with Gasteiger partial charge in [-0.2, -0.15) is 9.29 Å². The molecule has 29 heavy (non-hydrogen) atoms. The summed E-state index contributed by atoms with van der Waals surface area (Å²) in [5.41, 5.74) is -0.373. The molecule has 0 N–H and O–H groups in total. The molecule has 0 bridgehead atoms. The van der Waals surface area contributed by atoms with Crippen molar-refractivity contribution in [2.24, 2.45) is 5.92 Å². The minimum absolute atomic E-state index is 0.234. The topological polar surface area (TPSA) is 85.5 Å². The molecule has 2 fully saturated rings. The fraction of sp³-hybridized carbons (Fsp3) is 0.579. The van der Waals surface area contributed by atoms with Gasteiger partial charge < -0.3 is 9.26 Å². The smallest absolute Gasteiger partial charge is 0.243 e. The fourth-order valence-electron chi connectivity index (χ4n) is 4.25. The Morgan fingerprint density at radius 1 is 1.24 bits per heavy atom. The van der Waals surface area contributed by atoms with E-state index in [-0.39, 0.29) is 23.6 Å². The van der Waals surface area contributed by atoms with Gasteiger partial charge in [0.05, 0.1) is 10.5 Å². The molecule has 2 saturated heterocycles. The van der Waals surface area contributed by atoms with E-state index in [1.54, 1.807) is 6.92 Å². The van der Waals surface area contributed by atoms with Gasteiger partial charge in [0.2, 0.25) is 15.9 Å². The molecule has 0 amide bonds. The highest BCUT2D eigenvalue weighted by molar-refractivity contribution is 7.89. The lowest BCUT2D eigenvalue weighted by atomic mass is 9.78. The molecule has 0 aliphatic carbocycles. The number of benzene rings is 1. The second-order valence-corrected chi connectivity index (χ2v) is 9.74. The van der Waals surface area contributed by atoms with Crippen LogP contribution in [0.25, 0.3) is 0 Å². The van der Waals surface area contributed by atoms with E-state index in [1.165, 1.54) is 4.31 Å². The summed E-state index contributed by atoms with van der Waals surface area (Å²) in [6, 6.07) is 2.66. The number of hydrogen-bond acceptors (Lipinski definition) is 6. The molecule has 2 aliphatic heterocycles. The first-order chi connectivity index (χ1) is 13.8. The summed E-state index contributed by atoms with van der Waals surface area (Å²) in [6.45, 7) is 2.91. The van der Waals surface area contributed by atoms with Crippen molar-refractivity contribution in [3.8, 4) is 0 Å². The van der Waals surface area contributed by atoms with Crippen LogP contribution in [0.3, 0.4) is 0 Å². The van der Waals surface area contributed by atoms with E-state index in [1.807, 2.05) is 0 Å². The molecule has 7 nitrogen and oxygen atoms in total. The Balaban J connectivity index is 1.42. The number of halogens is 2. The first-order valence-corrected chi connectivity index (χ1v) is 11.1. The van der Waals surface area contributed by atoms with Gasteiger partial charge in [-0.3, -0.25) is 0 Å². The normalized spacial score (nSPS) is 22.8. The predicted octanol–water partition coefficient (Wildman–Crippen LogP) is 2.85. The monoisotopic (exact) mass is 427 g/mol. The van der Waals surface area contributed by atoms with Gasteiger partial charge in [-0.05, 0) is 49.8 Å². The summed E-state index contributed by atoms with van der Waals surface area (Å²) >= 11 is 0. The van der Waals surface area contributed by atoms with Crippen molar-refractivity contribution in [3.05, 3.63) is 41.5 Å². The molecule has 3 heterocycles. The van der Waals surface area contributed by atoms with Crippen LogP contribution in [0.2, 0.25) is 0 Å². The number of nitrogens with zero attached hydrogens (tertiary/aromatic N) is 3. The molecular formula is C19H23F2N3O4S. The number of sulfonamides is 1. The van der Waals surface area contributed by atoms with Crippen molar-refractivity contribution in [1.82, 2.24) is 14.4 Å². The lowest BCUT2D eigenvalue weighted by Gasteiger charge is -2.45. The number of piperidine rings is 1. The molecule has 1 atom stereocenters. The molecule has 1 spiro atoms. The number of aromatic nitrogens is 2. The van der Waals surface area contributed by atoms with Gasteiger partial charge in [-0.25, -0.2) is 17.2 Å². The molecule has 1 unspecified atom stereocenters. The quantitative estimate of drug-likeness (QED) is 0.746. The Labute approximate surface area is 168 Å². The summed E-state index contributed by atoms with van der Waals surface area (Å²) in [5, 5.41) is 3.96. The van der Waals surface area contributed by atoms with Crippen LogP contribution >= 0.6 is 0 Å². The first-order valence-electron chi connectivity index (χ1n) is 9.66. The van der Waals surface area contributed by atoms with Crippen molar-refractivity contribution in [2.45, 2.75) is 49.5 Å². The van der Waals surface area contributed by atoms with Crippen LogP contribution in [-0.2, 0) is 21.2 Å². The SMILES string of the molecule is Cc1nc(CC2CCOC3(CCN(S(=O)(=O)c4ccc(F)c(F)c4)CC3)C2)no1. The lowest BCUT2D eigenvalue weighted by molar-refractivity contribution is -0.120. The van der Waals surface area contributed by atoms with Crippen molar-refractivity contribution in [3.63, 3.8) is 0 Å². The Hall–Kier alpha value is -1.91. The number of ether oxygens (including phenoxy) is 1. The summed E-state index contributed by atoms with van der Waals surface area (Å²) in [7, 11) is -3.88. The van der Waals surface area contributed by atoms with Gasteiger partial charge in [0.15, 0.2) is 17.5 Å². The molecule has 0 radical (unpaired) electrons. The summed E-state index contributed by atoms with van der Waals surface area (Å²) < 4.78 is 64.7. The average Bonchev–Trinajstić information content (AvgIpc) is 3.09. The molecule has 2 aliphatic rings. The summed E-state index contributed by atoms with van der Waals surface area (Å²) in [5.74, 6) is -0.676. The van der Waals surface area contributed by atoms with E-state index in [9.17, 15) is 17.2 Å². The number of aryl methyl sites for hydroxylation is 1. The van der Waals surface area contributed by atoms with Gasteiger partial charge in [-0.1, -0.05) is 5.16 Å². The van der Waals surface area contributed by atoms with E-state index >= 15 is 0 Å². The zero-order valence-electron chi connectivity index (χ0n) is 16.1. The van der Waals surface area contributed by atoms with Crippen LogP contribution in [0.5, 0.6) is 0 Å². The van der Waals surface area contributed by atoms with Crippen molar-refractivity contribution in [2.75, 3.05) is 19.7 Å². The standard InChI is InChI=1S/C19H23F2N3O4S/c1-13-22-18(23-28-13)10-14-4-9-27-19(12-14)5-7-24(8-6-19)29(25,26)15-2-3-16(20)17(21)11-15/h2-3,11,14H,4-10,12H2,1H3. The van der Waals surface area contributed by atoms with Crippen LogP contribution in [0, 0.1) is 24.5 Å². The maximum absolute atomic E-state index is 13.5. The van der Waals surface area contributed by atoms with E-state index in [4.69, 9.17) is 9.26 Å². The van der Waals surface area contributed by atoms with Gasteiger partial charge in [0.25, 0.3) is 0 Å². The van der Waals surface area contributed by atoms with Gasteiger partial charge in [0, 0.05) is 33.0 Å². The van der Waals surface area contributed by atoms with Gasteiger partial charge in [0.1, 0.15) is 0 Å². The third-order valence-electron chi connectivity index (χ3n) is 5.80. The Kier molecular flexibility index (Phi) is 5.43. The molecule has 1 aromatic carbocycles. The van der Waals surface area contributed by atoms with Crippen LogP contribution in [0.1, 0.15) is 37.4 Å². The molecule has 2 aromatic rings. The highest BCUT2D eigenvalue weighted by Crippen LogP contribution is 2.39. The van der Waals surface area contributed by atoms with E-state index < -0.39 is 21.7 Å². The zero-order valence-corrected chi connectivity index (χ0v) is 16.9. The highest BCUT2D eigenvalue weighted by Gasteiger charge is 2.43. The second kappa shape index (κ2) is 7.73. The van der Waals surface area contributed by atoms with E-state index in [0.717, 1.165) is 31.0 Å². The minimum Gasteiger partial charge on any atom is -0.375 e. The van der Waals surface area contributed by atoms with Crippen LogP contribution in [-0.4, -0.2) is 48.2 Å². The lowest BCUT2D eigenvalue weighted by Crippen LogP contribution is -2.50. The predicted molar refractivity (Wildman–Crippen MR) is 98.5 cm³/mol. The fourth-order valence-corrected chi connectivity index (χ4v) is 5.71. The first kappa shape index (κ1) is 20.4. The third kappa shape index (κ3) is 4.19. The zero-order chi connectivity index (χ0) is 20.6. The van der Waals surface area contributed by atoms with Gasteiger partial charge >= 0.3 is 0 Å². The highest BCUT2D eigenvalue weighted by atomic mass is 32.2. The molecule has 0 saturated carbocycles. The second-order valence-electron chi connectivity index (χ2n) is 7.80. The average molecular weight is 427 g/mol. The van der Waals surface area contributed by atoms with Crippen molar-refractivity contribution < 1.29 is 26.5 Å². The van der Waals surface area contributed by atoms with E-state index in [0.29, 0.717) is 43.5 Å². The minimum atomic E-state index is -3.88. The van der Waals surface area contributed by atoms with Crippen molar-refractivity contribution >= 4 is 10.0 Å². The summed E-state index contributed by atoms with van der Waals surface area (Å²) in [4.78, 5) is 4.03. The Morgan fingerprint density at radius 2 is 2.00 bits per heavy atom. The maximum atomic E-state index is 13.5. The Morgan fingerprint density at radius 3 is 2.66 bits per heavy atom. The van der Waals surface area contributed by atoms with Crippen LogP contribution in [0.4, 0.5) is 8.78 Å². The molecule has 1 aromatic heterocycles. The van der Waals surface area contributed by atoms with Gasteiger partial charge in [-0.15, -0.1) is 0 Å². The van der Waals surface area contributed by atoms with Crippen LogP contribution < -0.4 is 0 Å². The number of hydrogen-bond donors (Lipinski definition) is 0.